The largest absolute Gasteiger partial charge is 0.409 e. The lowest BCUT2D eigenvalue weighted by Gasteiger charge is -2.40. The first-order chi connectivity index (χ1) is 9.07. The number of hydrogen-bond acceptors (Lipinski definition) is 4. The number of hydrogen-bond donors (Lipinski definition) is 2. The Labute approximate surface area is 113 Å². The molecule has 0 aromatic heterocycles. The van der Waals surface area contributed by atoms with Crippen molar-refractivity contribution in [1.82, 2.24) is 9.80 Å². The Bertz CT molecular complexity index is 358. The van der Waals surface area contributed by atoms with Gasteiger partial charge in [-0.25, -0.2) is 4.79 Å². The fourth-order valence-corrected chi connectivity index (χ4v) is 2.52. The van der Waals surface area contributed by atoms with Crippen LogP contribution in [-0.4, -0.2) is 66.3 Å². The zero-order chi connectivity index (χ0) is 13.9. The van der Waals surface area contributed by atoms with Gasteiger partial charge in [0.05, 0.1) is 13.2 Å². The summed E-state index contributed by atoms with van der Waals surface area (Å²) in [7, 11) is 0. The van der Waals surface area contributed by atoms with E-state index >= 15 is 0 Å². The van der Waals surface area contributed by atoms with Crippen LogP contribution in [0.2, 0.25) is 0 Å². The number of urea groups is 1. The normalized spacial score (nSPS) is 24.4. The Morgan fingerprint density at radius 1 is 1.21 bits per heavy atom. The highest BCUT2D eigenvalue weighted by Crippen LogP contribution is 2.31. The summed E-state index contributed by atoms with van der Waals surface area (Å²) in [4.78, 5) is 16.0. The molecule has 2 aliphatic heterocycles. The molecule has 2 saturated heterocycles. The lowest BCUT2D eigenvalue weighted by molar-refractivity contribution is 0.0389. The predicted octanol–water partition coefficient (Wildman–Crippen LogP) is 0.287. The average Bonchev–Trinajstić information content (AvgIpc) is 2.47. The standard InChI is InChI=1S/C12H22N4O3/c1-12(10(13)14-18)2-4-15(5-3-12)11(17)16-6-8-19-9-7-16/h18H,2-9H2,1H3,(H2,13,14). The monoisotopic (exact) mass is 270 g/mol. The van der Waals surface area contributed by atoms with Crippen LogP contribution in [0, 0.1) is 5.41 Å². The van der Waals surface area contributed by atoms with Gasteiger partial charge in [0.15, 0.2) is 0 Å². The average molecular weight is 270 g/mol. The number of nitrogens with two attached hydrogens (primary N) is 1. The molecule has 3 N–H and O–H groups in total. The van der Waals surface area contributed by atoms with E-state index in [1.165, 1.54) is 0 Å². The Balaban J connectivity index is 1.90. The topological polar surface area (TPSA) is 91.4 Å². The van der Waals surface area contributed by atoms with Crippen LogP contribution in [0.4, 0.5) is 4.79 Å². The van der Waals surface area contributed by atoms with Crippen LogP contribution in [0.15, 0.2) is 5.16 Å². The van der Waals surface area contributed by atoms with Crippen molar-refractivity contribution in [3.63, 3.8) is 0 Å². The van der Waals surface area contributed by atoms with Crippen molar-refractivity contribution < 1.29 is 14.7 Å². The van der Waals surface area contributed by atoms with E-state index in [4.69, 9.17) is 15.7 Å². The smallest absolute Gasteiger partial charge is 0.320 e. The molecule has 0 bridgehead atoms. The lowest BCUT2D eigenvalue weighted by Crippen LogP contribution is -2.53. The third kappa shape index (κ3) is 2.91. The first kappa shape index (κ1) is 13.9. The van der Waals surface area contributed by atoms with Crippen molar-refractivity contribution in [1.29, 1.82) is 0 Å². The number of ether oxygens (including phenoxy) is 1. The Kier molecular flexibility index (Phi) is 4.14. The molecule has 0 aromatic rings. The molecule has 108 valence electrons. The van der Waals surface area contributed by atoms with E-state index in [9.17, 15) is 4.79 Å². The van der Waals surface area contributed by atoms with Gasteiger partial charge in [-0.1, -0.05) is 12.1 Å². The second-order valence-electron chi connectivity index (χ2n) is 5.41. The number of likely N-dealkylation sites (tertiary alicyclic amines) is 1. The van der Waals surface area contributed by atoms with Crippen molar-refractivity contribution in [3.05, 3.63) is 0 Å². The van der Waals surface area contributed by atoms with Gasteiger partial charge in [-0.05, 0) is 12.8 Å². The Hall–Kier alpha value is -1.50. The number of nitrogens with zero attached hydrogens (tertiary/aromatic N) is 3. The molecule has 0 unspecified atom stereocenters. The van der Waals surface area contributed by atoms with E-state index < -0.39 is 0 Å². The molecule has 7 heteroatoms. The van der Waals surface area contributed by atoms with E-state index in [2.05, 4.69) is 5.16 Å². The third-order valence-electron chi connectivity index (χ3n) is 4.15. The van der Waals surface area contributed by atoms with Crippen molar-refractivity contribution in [2.75, 3.05) is 39.4 Å². The fraction of sp³-hybridized carbons (Fsp3) is 0.833. The molecule has 7 nitrogen and oxygen atoms in total. The minimum Gasteiger partial charge on any atom is -0.409 e. The van der Waals surface area contributed by atoms with Gasteiger partial charge >= 0.3 is 6.03 Å². The van der Waals surface area contributed by atoms with E-state index in [1.54, 1.807) is 0 Å². The zero-order valence-corrected chi connectivity index (χ0v) is 11.3. The summed E-state index contributed by atoms with van der Waals surface area (Å²) >= 11 is 0. The molecule has 2 heterocycles. The lowest BCUT2D eigenvalue weighted by atomic mass is 9.79. The molecule has 0 spiro atoms. The highest BCUT2D eigenvalue weighted by molar-refractivity contribution is 5.86. The van der Waals surface area contributed by atoms with E-state index in [1.807, 2.05) is 16.7 Å². The maximum atomic E-state index is 12.3. The van der Waals surface area contributed by atoms with Gasteiger partial charge in [0, 0.05) is 31.6 Å². The van der Waals surface area contributed by atoms with Crippen molar-refractivity contribution in [2.24, 2.45) is 16.3 Å². The number of amides is 2. The summed E-state index contributed by atoms with van der Waals surface area (Å²) in [6.45, 7) is 5.80. The third-order valence-corrected chi connectivity index (χ3v) is 4.15. The van der Waals surface area contributed by atoms with Crippen molar-refractivity contribution >= 4 is 11.9 Å². The van der Waals surface area contributed by atoms with E-state index in [0.29, 0.717) is 39.4 Å². The molecule has 2 amide bonds. The molecular weight excluding hydrogens is 248 g/mol. The zero-order valence-electron chi connectivity index (χ0n) is 11.3. The molecule has 2 aliphatic rings. The first-order valence-electron chi connectivity index (χ1n) is 6.66. The predicted molar refractivity (Wildman–Crippen MR) is 70.1 cm³/mol. The number of carbonyl (C=O) groups excluding carboxylic acids is 1. The SMILES string of the molecule is CC1(C(N)=NO)CCN(C(=O)N2CCOCC2)CC1. The second-order valence-corrected chi connectivity index (χ2v) is 5.41. The number of carbonyl (C=O) groups is 1. The van der Waals surface area contributed by atoms with Gasteiger partial charge in [-0.15, -0.1) is 0 Å². The summed E-state index contributed by atoms with van der Waals surface area (Å²) in [6, 6.07) is 0.0739. The van der Waals surface area contributed by atoms with Gasteiger partial charge < -0.3 is 25.5 Å². The van der Waals surface area contributed by atoms with Crippen LogP contribution in [0.1, 0.15) is 19.8 Å². The quantitative estimate of drug-likeness (QED) is 0.310. The minimum absolute atomic E-state index is 0.0739. The highest BCUT2D eigenvalue weighted by atomic mass is 16.5. The second kappa shape index (κ2) is 5.64. The van der Waals surface area contributed by atoms with Gasteiger partial charge in [-0.2, -0.15) is 0 Å². The number of amidine groups is 1. The number of morpholine rings is 1. The molecular formula is C12H22N4O3. The summed E-state index contributed by atoms with van der Waals surface area (Å²) in [5, 5.41) is 11.9. The van der Waals surface area contributed by atoms with E-state index in [-0.39, 0.29) is 17.3 Å². The maximum absolute atomic E-state index is 12.3. The molecule has 0 aromatic carbocycles. The first-order valence-corrected chi connectivity index (χ1v) is 6.66. The fourth-order valence-electron chi connectivity index (χ4n) is 2.52. The van der Waals surface area contributed by atoms with Gasteiger partial charge in [0.1, 0.15) is 5.84 Å². The van der Waals surface area contributed by atoms with Crippen LogP contribution in [0.25, 0.3) is 0 Å². The maximum Gasteiger partial charge on any atom is 0.320 e. The number of rotatable bonds is 1. The van der Waals surface area contributed by atoms with Crippen molar-refractivity contribution in [3.8, 4) is 0 Å². The molecule has 0 radical (unpaired) electrons. The van der Waals surface area contributed by atoms with Crippen LogP contribution in [-0.2, 0) is 4.74 Å². The van der Waals surface area contributed by atoms with Crippen LogP contribution in [0.3, 0.4) is 0 Å². The van der Waals surface area contributed by atoms with Gasteiger partial charge in [-0.3, -0.25) is 0 Å². The number of piperidine rings is 1. The molecule has 0 saturated carbocycles. The molecule has 19 heavy (non-hydrogen) atoms. The van der Waals surface area contributed by atoms with Gasteiger partial charge in [0.25, 0.3) is 0 Å². The Morgan fingerprint density at radius 2 is 1.74 bits per heavy atom. The van der Waals surface area contributed by atoms with Crippen LogP contribution in [0.5, 0.6) is 0 Å². The number of oxime groups is 1. The van der Waals surface area contributed by atoms with E-state index in [0.717, 1.165) is 12.8 Å². The molecule has 0 aliphatic carbocycles. The highest BCUT2D eigenvalue weighted by Gasteiger charge is 2.36. The van der Waals surface area contributed by atoms with Crippen LogP contribution >= 0.6 is 0 Å². The summed E-state index contributed by atoms with van der Waals surface area (Å²) in [5.74, 6) is 0.256. The van der Waals surface area contributed by atoms with Gasteiger partial charge in [0.2, 0.25) is 0 Å². The summed E-state index contributed by atoms with van der Waals surface area (Å²) in [6.07, 6.45) is 1.44. The molecule has 2 rings (SSSR count). The Morgan fingerprint density at radius 3 is 2.26 bits per heavy atom. The van der Waals surface area contributed by atoms with Crippen molar-refractivity contribution in [2.45, 2.75) is 19.8 Å². The summed E-state index contributed by atoms with van der Waals surface area (Å²) < 4.78 is 5.24. The summed E-state index contributed by atoms with van der Waals surface area (Å²) in [5.41, 5.74) is 5.41. The molecule has 2 fully saturated rings. The van der Waals surface area contributed by atoms with Crippen LogP contribution < -0.4 is 5.73 Å². The molecule has 0 atom stereocenters. The minimum atomic E-state index is -0.309.